The molecule has 1 aliphatic carbocycles. The van der Waals surface area contributed by atoms with Gasteiger partial charge in [0, 0.05) is 25.3 Å². The molecule has 1 N–H and O–H groups in total. The molecule has 2 rings (SSSR count). The van der Waals surface area contributed by atoms with E-state index < -0.39 is 0 Å². The number of aliphatic hydroxyl groups excluding tert-OH is 1. The Hall–Kier alpha value is -0.900. The first kappa shape index (κ1) is 10.6. The number of hydrogen-bond donors (Lipinski definition) is 1. The van der Waals surface area contributed by atoms with Crippen LogP contribution in [0, 0.1) is 0 Å². The lowest BCUT2D eigenvalue weighted by Gasteiger charge is -2.18. The van der Waals surface area contributed by atoms with Crippen LogP contribution >= 0.6 is 0 Å². The topological polar surface area (TPSA) is 50.9 Å². The van der Waals surface area contributed by atoms with Gasteiger partial charge in [-0.05, 0) is 19.3 Å². The fourth-order valence-corrected chi connectivity index (χ4v) is 2.24. The molecule has 0 unspecified atom stereocenters. The maximum Gasteiger partial charge on any atom is 0.0857 e. The van der Waals surface area contributed by atoms with Crippen LogP contribution in [0.4, 0.5) is 0 Å². The van der Waals surface area contributed by atoms with Gasteiger partial charge in [0.15, 0.2) is 0 Å². The van der Waals surface area contributed by atoms with Gasteiger partial charge in [-0.2, -0.15) is 0 Å². The van der Waals surface area contributed by atoms with Crippen LogP contribution in [0.5, 0.6) is 0 Å². The van der Waals surface area contributed by atoms with E-state index in [2.05, 4.69) is 10.3 Å². The fourth-order valence-electron chi connectivity index (χ4n) is 2.24. The van der Waals surface area contributed by atoms with E-state index in [1.807, 2.05) is 10.9 Å². The average Bonchev–Trinajstić information content (AvgIpc) is 2.76. The molecule has 1 heterocycles. The van der Waals surface area contributed by atoms with Gasteiger partial charge in [0.2, 0.25) is 0 Å². The van der Waals surface area contributed by atoms with Gasteiger partial charge in [-0.3, -0.25) is 4.68 Å². The minimum absolute atomic E-state index is 0.221. The van der Waals surface area contributed by atoms with E-state index in [1.54, 1.807) is 0 Å². The third-order valence-corrected chi connectivity index (χ3v) is 3.13. The highest BCUT2D eigenvalue weighted by molar-refractivity contribution is 5.02. The number of aryl methyl sites for hydroxylation is 1. The minimum Gasteiger partial charge on any atom is -0.396 e. The van der Waals surface area contributed by atoms with Crippen LogP contribution in [0.3, 0.4) is 0 Å². The predicted octanol–water partition coefficient (Wildman–Crippen LogP) is 1.71. The van der Waals surface area contributed by atoms with Gasteiger partial charge in [-0.15, -0.1) is 5.10 Å². The number of aromatic nitrogens is 3. The first-order chi connectivity index (χ1) is 7.40. The molecule has 4 nitrogen and oxygen atoms in total. The Kier molecular flexibility index (Phi) is 3.72. The summed E-state index contributed by atoms with van der Waals surface area (Å²) in [4.78, 5) is 0. The van der Waals surface area contributed by atoms with Crippen molar-refractivity contribution in [2.75, 3.05) is 6.61 Å². The Labute approximate surface area is 90.3 Å². The van der Waals surface area contributed by atoms with Crippen molar-refractivity contribution < 1.29 is 5.11 Å². The maximum absolute atomic E-state index is 8.72. The molecular weight excluding hydrogens is 190 g/mol. The van der Waals surface area contributed by atoms with E-state index in [4.69, 9.17) is 5.11 Å². The van der Waals surface area contributed by atoms with Crippen molar-refractivity contribution >= 4 is 0 Å². The third-order valence-electron chi connectivity index (χ3n) is 3.13. The zero-order chi connectivity index (χ0) is 10.5. The molecule has 1 aliphatic rings. The van der Waals surface area contributed by atoms with Gasteiger partial charge in [-0.25, -0.2) is 0 Å². The van der Waals surface area contributed by atoms with E-state index in [0.717, 1.165) is 18.7 Å². The largest absolute Gasteiger partial charge is 0.396 e. The van der Waals surface area contributed by atoms with Gasteiger partial charge in [0.1, 0.15) is 0 Å². The van der Waals surface area contributed by atoms with Gasteiger partial charge >= 0.3 is 0 Å². The van der Waals surface area contributed by atoms with Crippen molar-refractivity contribution in [3.8, 4) is 0 Å². The van der Waals surface area contributed by atoms with E-state index in [0.29, 0.717) is 5.92 Å². The molecule has 0 amide bonds. The molecule has 0 bridgehead atoms. The summed E-state index contributed by atoms with van der Waals surface area (Å²) in [5.41, 5.74) is 1.15. The minimum atomic E-state index is 0.221. The summed E-state index contributed by atoms with van der Waals surface area (Å²) in [6.07, 6.45) is 9.36. The first-order valence-corrected chi connectivity index (χ1v) is 5.91. The first-order valence-electron chi connectivity index (χ1n) is 5.91. The smallest absolute Gasteiger partial charge is 0.0857 e. The van der Waals surface area contributed by atoms with Crippen LogP contribution in [-0.4, -0.2) is 26.7 Å². The second-order valence-corrected chi connectivity index (χ2v) is 4.32. The number of nitrogens with zero attached hydrogens (tertiary/aromatic N) is 3. The summed E-state index contributed by atoms with van der Waals surface area (Å²) in [6, 6.07) is 0. The van der Waals surface area contributed by atoms with Gasteiger partial charge in [0.25, 0.3) is 0 Å². The second kappa shape index (κ2) is 5.26. The van der Waals surface area contributed by atoms with Gasteiger partial charge in [-0.1, -0.05) is 24.5 Å². The van der Waals surface area contributed by atoms with Crippen molar-refractivity contribution in [3.63, 3.8) is 0 Å². The molecule has 1 aromatic heterocycles. The van der Waals surface area contributed by atoms with Crippen LogP contribution in [-0.2, 0) is 6.54 Å². The maximum atomic E-state index is 8.72. The average molecular weight is 209 g/mol. The molecule has 1 fully saturated rings. The summed E-state index contributed by atoms with van der Waals surface area (Å²) in [6.45, 7) is 0.995. The highest BCUT2D eigenvalue weighted by atomic mass is 16.3. The Bertz CT molecular complexity index is 292. The Morgan fingerprint density at radius 2 is 2.13 bits per heavy atom. The van der Waals surface area contributed by atoms with Crippen molar-refractivity contribution in [1.82, 2.24) is 15.0 Å². The normalized spacial score (nSPS) is 18.2. The third kappa shape index (κ3) is 2.78. The molecule has 84 valence electrons. The molecule has 0 radical (unpaired) electrons. The Morgan fingerprint density at radius 1 is 1.33 bits per heavy atom. The lowest BCUT2D eigenvalue weighted by molar-refractivity contribution is 0.276. The quantitative estimate of drug-likeness (QED) is 0.821. The predicted molar refractivity (Wildman–Crippen MR) is 57.6 cm³/mol. The van der Waals surface area contributed by atoms with Crippen LogP contribution in [0.1, 0.15) is 50.1 Å². The van der Waals surface area contributed by atoms with Crippen molar-refractivity contribution in [1.29, 1.82) is 0 Å². The molecule has 4 heteroatoms. The molecule has 0 spiro atoms. The van der Waals surface area contributed by atoms with Crippen LogP contribution in [0.15, 0.2) is 6.20 Å². The molecule has 1 saturated carbocycles. The summed E-state index contributed by atoms with van der Waals surface area (Å²) >= 11 is 0. The van der Waals surface area contributed by atoms with E-state index in [-0.39, 0.29) is 6.61 Å². The SMILES string of the molecule is OCCCn1cc(C2CCCCC2)nn1. The summed E-state index contributed by atoms with van der Waals surface area (Å²) in [5, 5.41) is 17.0. The molecule has 0 aromatic carbocycles. The lowest BCUT2D eigenvalue weighted by Crippen LogP contribution is -2.04. The van der Waals surface area contributed by atoms with Crippen LogP contribution < -0.4 is 0 Å². The van der Waals surface area contributed by atoms with E-state index >= 15 is 0 Å². The second-order valence-electron chi connectivity index (χ2n) is 4.32. The highest BCUT2D eigenvalue weighted by Crippen LogP contribution is 2.30. The number of rotatable bonds is 4. The number of hydrogen-bond acceptors (Lipinski definition) is 3. The summed E-state index contributed by atoms with van der Waals surface area (Å²) in [7, 11) is 0. The summed E-state index contributed by atoms with van der Waals surface area (Å²) in [5.74, 6) is 0.627. The monoisotopic (exact) mass is 209 g/mol. The molecule has 15 heavy (non-hydrogen) atoms. The zero-order valence-electron chi connectivity index (χ0n) is 9.10. The van der Waals surface area contributed by atoms with Crippen molar-refractivity contribution in [2.24, 2.45) is 0 Å². The molecule has 1 aromatic rings. The van der Waals surface area contributed by atoms with E-state index in [9.17, 15) is 0 Å². The Morgan fingerprint density at radius 3 is 2.87 bits per heavy atom. The van der Waals surface area contributed by atoms with E-state index in [1.165, 1.54) is 32.1 Å². The summed E-state index contributed by atoms with van der Waals surface area (Å²) < 4.78 is 1.85. The fraction of sp³-hybridized carbons (Fsp3) is 0.818. The lowest BCUT2D eigenvalue weighted by atomic mass is 9.87. The molecule has 0 atom stereocenters. The molecule has 0 saturated heterocycles. The van der Waals surface area contributed by atoms with Gasteiger partial charge < -0.3 is 5.11 Å². The van der Waals surface area contributed by atoms with Crippen LogP contribution in [0.2, 0.25) is 0 Å². The van der Waals surface area contributed by atoms with Crippen molar-refractivity contribution in [3.05, 3.63) is 11.9 Å². The Balaban J connectivity index is 1.93. The van der Waals surface area contributed by atoms with Gasteiger partial charge in [0.05, 0.1) is 5.69 Å². The number of aliphatic hydroxyl groups is 1. The standard InChI is InChI=1S/C11H19N3O/c15-8-4-7-14-9-11(12-13-14)10-5-2-1-3-6-10/h9-10,15H,1-8H2. The van der Waals surface area contributed by atoms with Crippen molar-refractivity contribution in [2.45, 2.75) is 51.0 Å². The zero-order valence-corrected chi connectivity index (χ0v) is 9.10. The van der Waals surface area contributed by atoms with Crippen LogP contribution in [0.25, 0.3) is 0 Å². The molecule has 0 aliphatic heterocycles. The highest BCUT2D eigenvalue weighted by Gasteiger charge is 2.18. The molecular formula is C11H19N3O.